The lowest BCUT2D eigenvalue weighted by Crippen LogP contribution is -2.23. The molecule has 208 valence electrons. The molecule has 1 atom stereocenters. The summed E-state index contributed by atoms with van der Waals surface area (Å²) in [6.07, 6.45) is 0.754. The molecule has 5 N–H and O–H groups in total. The first-order valence-corrected chi connectivity index (χ1v) is 12.2. The van der Waals surface area contributed by atoms with Crippen molar-refractivity contribution >= 4 is 29.4 Å². The number of nitrogen functional groups attached to an aromatic ring is 1. The SMILES string of the molecule is CC(=O)O.CCOC(=O)CCCOc1cc(OCC)cc(C(Nc2ccc(C(=N)N)cc2)C(=O)OCC)c1. The number of esters is 2. The lowest BCUT2D eigenvalue weighted by atomic mass is 10.0. The zero-order valence-electron chi connectivity index (χ0n) is 22.2. The van der Waals surface area contributed by atoms with Crippen LogP contribution < -0.4 is 20.5 Å². The first-order valence-electron chi connectivity index (χ1n) is 12.2. The second-order valence-electron chi connectivity index (χ2n) is 7.77. The Labute approximate surface area is 222 Å². The Morgan fingerprint density at radius 2 is 1.53 bits per heavy atom. The van der Waals surface area contributed by atoms with Crippen LogP contribution in [-0.4, -0.2) is 55.3 Å². The van der Waals surface area contributed by atoms with Gasteiger partial charge in [-0.3, -0.25) is 15.0 Å². The van der Waals surface area contributed by atoms with E-state index < -0.39 is 18.0 Å². The van der Waals surface area contributed by atoms with Crippen molar-refractivity contribution in [1.29, 1.82) is 5.41 Å². The third-order valence-corrected chi connectivity index (χ3v) is 4.68. The summed E-state index contributed by atoms with van der Waals surface area (Å²) in [5, 5.41) is 18.1. The van der Waals surface area contributed by atoms with E-state index in [0.717, 1.165) is 6.92 Å². The number of rotatable bonds is 14. The van der Waals surface area contributed by atoms with E-state index in [0.29, 0.717) is 54.6 Å². The molecule has 38 heavy (non-hydrogen) atoms. The van der Waals surface area contributed by atoms with Crippen LogP contribution in [-0.2, 0) is 23.9 Å². The van der Waals surface area contributed by atoms with Gasteiger partial charge in [0.15, 0.2) is 6.04 Å². The van der Waals surface area contributed by atoms with E-state index >= 15 is 0 Å². The van der Waals surface area contributed by atoms with Crippen molar-refractivity contribution in [2.24, 2.45) is 5.73 Å². The average molecular weight is 532 g/mol. The predicted molar refractivity (Wildman–Crippen MR) is 143 cm³/mol. The Kier molecular flexibility index (Phi) is 14.4. The van der Waals surface area contributed by atoms with E-state index in [-0.39, 0.29) is 24.8 Å². The van der Waals surface area contributed by atoms with E-state index in [1.54, 1.807) is 56.3 Å². The van der Waals surface area contributed by atoms with Crippen molar-refractivity contribution in [2.75, 3.05) is 31.7 Å². The fourth-order valence-corrected chi connectivity index (χ4v) is 3.15. The first kappa shape index (κ1) is 31.7. The summed E-state index contributed by atoms with van der Waals surface area (Å²) in [6.45, 7) is 7.77. The molecule has 0 fully saturated rings. The summed E-state index contributed by atoms with van der Waals surface area (Å²) in [6, 6.07) is 11.3. The Hall–Kier alpha value is -4.28. The maximum Gasteiger partial charge on any atom is 0.333 e. The predicted octanol–water partition coefficient (Wildman–Crippen LogP) is 3.90. The van der Waals surface area contributed by atoms with Gasteiger partial charge in [-0.15, -0.1) is 0 Å². The molecule has 0 bridgehead atoms. The molecule has 0 aliphatic carbocycles. The van der Waals surface area contributed by atoms with Gasteiger partial charge in [0.05, 0.1) is 26.4 Å². The van der Waals surface area contributed by atoms with E-state index in [2.05, 4.69) is 5.32 Å². The molecular formula is C27H37N3O8. The summed E-state index contributed by atoms with van der Waals surface area (Å²) in [5.41, 5.74) is 7.35. The van der Waals surface area contributed by atoms with E-state index in [1.807, 2.05) is 6.92 Å². The third kappa shape index (κ3) is 12.1. The number of nitrogens with two attached hydrogens (primary N) is 1. The number of amidine groups is 1. The van der Waals surface area contributed by atoms with Gasteiger partial charge in [-0.05, 0) is 69.2 Å². The molecule has 0 aromatic heterocycles. The summed E-state index contributed by atoms with van der Waals surface area (Å²) in [4.78, 5) is 33.4. The number of aliphatic carboxylic acids is 1. The number of carbonyl (C=O) groups is 3. The van der Waals surface area contributed by atoms with Crippen molar-refractivity contribution < 1.29 is 38.4 Å². The molecule has 0 aliphatic rings. The van der Waals surface area contributed by atoms with Gasteiger partial charge in [0.1, 0.15) is 17.3 Å². The second-order valence-corrected chi connectivity index (χ2v) is 7.77. The number of ether oxygens (including phenoxy) is 4. The lowest BCUT2D eigenvalue weighted by molar-refractivity contribution is -0.144. The Balaban J connectivity index is 0.00000168. The molecular weight excluding hydrogens is 494 g/mol. The molecule has 2 aromatic rings. The normalized spacial score (nSPS) is 10.7. The zero-order valence-corrected chi connectivity index (χ0v) is 22.2. The molecule has 0 aliphatic heterocycles. The number of hydrogen-bond acceptors (Lipinski definition) is 9. The van der Waals surface area contributed by atoms with E-state index in [4.69, 9.17) is 40.0 Å². The van der Waals surface area contributed by atoms with Crippen LogP contribution in [0.5, 0.6) is 11.5 Å². The van der Waals surface area contributed by atoms with Crippen LogP contribution in [0.25, 0.3) is 0 Å². The number of carboxylic acid groups (broad SMARTS) is 1. The van der Waals surface area contributed by atoms with E-state index in [9.17, 15) is 9.59 Å². The summed E-state index contributed by atoms with van der Waals surface area (Å²) >= 11 is 0. The van der Waals surface area contributed by atoms with Crippen molar-refractivity contribution in [3.63, 3.8) is 0 Å². The highest BCUT2D eigenvalue weighted by molar-refractivity contribution is 5.95. The maximum absolute atomic E-state index is 12.8. The van der Waals surface area contributed by atoms with Gasteiger partial charge in [-0.1, -0.05) is 0 Å². The van der Waals surface area contributed by atoms with Gasteiger partial charge in [0.25, 0.3) is 5.97 Å². The van der Waals surface area contributed by atoms with Crippen LogP contribution in [0.15, 0.2) is 42.5 Å². The van der Waals surface area contributed by atoms with Crippen LogP contribution in [0.1, 0.15) is 57.7 Å². The molecule has 11 heteroatoms. The summed E-state index contributed by atoms with van der Waals surface area (Å²) in [5.74, 6) is -0.545. The number of anilines is 1. The van der Waals surface area contributed by atoms with Crippen molar-refractivity contribution in [3.8, 4) is 11.5 Å². The number of benzene rings is 2. The number of nitrogens with one attached hydrogen (secondary N) is 2. The minimum atomic E-state index is -0.833. The van der Waals surface area contributed by atoms with Crippen LogP contribution >= 0.6 is 0 Å². The number of carbonyl (C=O) groups excluding carboxylic acids is 2. The monoisotopic (exact) mass is 531 g/mol. The lowest BCUT2D eigenvalue weighted by Gasteiger charge is -2.21. The molecule has 11 nitrogen and oxygen atoms in total. The van der Waals surface area contributed by atoms with E-state index in [1.165, 1.54) is 0 Å². The van der Waals surface area contributed by atoms with Crippen molar-refractivity contribution in [1.82, 2.24) is 0 Å². The Bertz CT molecular complexity index is 1050. The number of hydrogen-bond donors (Lipinski definition) is 4. The molecule has 0 spiro atoms. The van der Waals surface area contributed by atoms with Crippen LogP contribution in [0.2, 0.25) is 0 Å². The standard InChI is InChI=1S/C25H33N3O6.C2H4O2/c1-4-31-20-14-18(15-21(16-20)34-13-7-8-22(29)32-5-2)23(25(30)33-6-3)28-19-11-9-17(10-12-19)24(26)27;1-2(3)4/h9-12,14-16,23,28H,4-8,13H2,1-3H3,(H3,26,27);1H3,(H,3,4). The highest BCUT2D eigenvalue weighted by Crippen LogP contribution is 2.30. The Morgan fingerprint density at radius 3 is 2.05 bits per heavy atom. The molecule has 0 heterocycles. The smallest absolute Gasteiger partial charge is 0.333 e. The quantitative estimate of drug-likeness (QED) is 0.121. The van der Waals surface area contributed by atoms with Gasteiger partial charge in [-0.25, -0.2) is 4.79 Å². The average Bonchev–Trinajstić information content (AvgIpc) is 2.85. The zero-order chi connectivity index (χ0) is 28.5. The van der Waals surface area contributed by atoms with Crippen LogP contribution in [0, 0.1) is 5.41 Å². The molecule has 1 unspecified atom stereocenters. The first-order chi connectivity index (χ1) is 18.1. The minimum absolute atomic E-state index is 0.0392. The third-order valence-electron chi connectivity index (χ3n) is 4.68. The summed E-state index contributed by atoms with van der Waals surface area (Å²) < 4.78 is 21.7. The van der Waals surface area contributed by atoms with Gasteiger partial charge < -0.3 is 35.1 Å². The second kappa shape index (κ2) is 17.2. The molecule has 2 aromatic carbocycles. The molecule has 0 saturated heterocycles. The van der Waals surface area contributed by atoms with Crippen LogP contribution in [0.4, 0.5) is 5.69 Å². The molecule has 0 radical (unpaired) electrons. The summed E-state index contributed by atoms with van der Waals surface area (Å²) in [7, 11) is 0. The highest BCUT2D eigenvalue weighted by atomic mass is 16.5. The molecule has 0 amide bonds. The topological polar surface area (TPSA) is 170 Å². The molecule has 0 saturated carbocycles. The van der Waals surface area contributed by atoms with Gasteiger partial charge >= 0.3 is 11.9 Å². The fourth-order valence-electron chi connectivity index (χ4n) is 3.15. The largest absolute Gasteiger partial charge is 0.494 e. The van der Waals surface area contributed by atoms with Crippen molar-refractivity contribution in [2.45, 2.75) is 46.6 Å². The van der Waals surface area contributed by atoms with Crippen LogP contribution in [0.3, 0.4) is 0 Å². The Morgan fingerprint density at radius 1 is 0.947 bits per heavy atom. The van der Waals surface area contributed by atoms with Gasteiger partial charge in [0, 0.05) is 30.7 Å². The minimum Gasteiger partial charge on any atom is -0.494 e. The van der Waals surface area contributed by atoms with Gasteiger partial charge in [-0.2, -0.15) is 0 Å². The maximum atomic E-state index is 12.8. The fraction of sp³-hybridized carbons (Fsp3) is 0.407. The highest BCUT2D eigenvalue weighted by Gasteiger charge is 2.24. The van der Waals surface area contributed by atoms with Gasteiger partial charge in [0.2, 0.25) is 0 Å². The number of carboxylic acids is 1. The molecule has 2 rings (SSSR count). The van der Waals surface area contributed by atoms with Crippen molar-refractivity contribution in [3.05, 3.63) is 53.6 Å².